The lowest BCUT2D eigenvalue weighted by Crippen LogP contribution is -2.24. The molecule has 0 aliphatic carbocycles. The largest absolute Gasteiger partial charge is 0.497 e. The Kier molecular flexibility index (Phi) is 4.12. The van der Waals surface area contributed by atoms with Crippen LogP contribution in [0.5, 0.6) is 5.75 Å². The Morgan fingerprint density at radius 2 is 2.00 bits per heavy atom. The summed E-state index contributed by atoms with van der Waals surface area (Å²) in [5.41, 5.74) is 1.70. The number of hydrogen-bond donors (Lipinski definition) is 0. The van der Waals surface area contributed by atoms with E-state index in [1.807, 2.05) is 31.3 Å². The number of methoxy groups -OCH3 is 1. The molecule has 1 aromatic carbocycles. The summed E-state index contributed by atoms with van der Waals surface area (Å²) in [6, 6.07) is 7.60. The molecule has 0 bridgehead atoms. The number of aromatic nitrogens is 3. The molecule has 2 heterocycles. The van der Waals surface area contributed by atoms with Crippen LogP contribution < -0.4 is 9.64 Å². The molecule has 0 spiro atoms. The maximum Gasteiger partial charge on any atom is 0.269 e. The molecule has 3 aromatic rings. The van der Waals surface area contributed by atoms with Crippen LogP contribution in [-0.4, -0.2) is 34.8 Å². The summed E-state index contributed by atoms with van der Waals surface area (Å²) in [6.45, 7) is 0. The van der Waals surface area contributed by atoms with Crippen LogP contribution in [0.1, 0.15) is 9.67 Å². The minimum atomic E-state index is -0.102. The van der Waals surface area contributed by atoms with Gasteiger partial charge in [0.2, 0.25) is 0 Å². The molecule has 6 nitrogen and oxygen atoms in total. The summed E-state index contributed by atoms with van der Waals surface area (Å²) in [7, 11) is 5.17. The average molecular weight is 328 g/mol. The number of nitrogens with zero attached hydrogens (tertiary/aromatic N) is 4. The van der Waals surface area contributed by atoms with Gasteiger partial charge in [0.15, 0.2) is 0 Å². The molecule has 3 rings (SSSR count). The highest BCUT2D eigenvalue weighted by Crippen LogP contribution is 2.28. The lowest BCUT2D eigenvalue weighted by molar-refractivity contribution is 0.0996. The number of carbonyl (C=O) groups excluding carboxylic acids is 1. The van der Waals surface area contributed by atoms with E-state index >= 15 is 0 Å². The summed E-state index contributed by atoms with van der Waals surface area (Å²) < 4.78 is 6.81. The average Bonchev–Trinajstić information content (AvgIpc) is 3.23. The van der Waals surface area contributed by atoms with Crippen molar-refractivity contribution in [1.29, 1.82) is 0 Å². The molecule has 0 saturated carbocycles. The van der Waals surface area contributed by atoms with Gasteiger partial charge >= 0.3 is 0 Å². The molecule has 2 aromatic heterocycles. The standard InChI is InChI=1S/C16H16N4O2S/c1-19-10-12(8-18-19)20(2)16(21)14-9-17-15(23-14)11-4-6-13(22-3)7-5-11/h4-10H,1-3H3. The van der Waals surface area contributed by atoms with Gasteiger partial charge in [-0.2, -0.15) is 5.10 Å². The van der Waals surface area contributed by atoms with Crippen LogP contribution in [0.4, 0.5) is 5.69 Å². The number of rotatable bonds is 4. The molecule has 0 unspecified atom stereocenters. The Morgan fingerprint density at radius 1 is 1.26 bits per heavy atom. The highest BCUT2D eigenvalue weighted by Gasteiger charge is 2.18. The summed E-state index contributed by atoms with van der Waals surface area (Å²) in [5, 5.41) is 4.88. The van der Waals surface area contributed by atoms with Gasteiger partial charge in [0, 0.05) is 25.9 Å². The second kappa shape index (κ2) is 6.21. The number of aryl methyl sites for hydroxylation is 1. The highest BCUT2D eigenvalue weighted by molar-refractivity contribution is 7.17. The third-order valence-electron chi connectivity index (χ3n) is 3.44. The highest BCUT2D eigenvalue weighted by atomic mass is 32.1. The molecule has 0 atom stereocenters. The maximum absolute atomic E-state index is 12.5. The van der Waals surface area contributed by atoms with Gasteiger partial charge in [-0.1, -0.05) is 0 Å². The number of ether oxygens (including phenoxy) is 1. The van der Waals surface area contributed by atoms with E-state index in [9.17, 15) is 4.79 Å². The van der Waals surface area contributed by atoms with Gasteiger partial charge in [-0.25, -0.2) is 4.98 Å². The maximum atomic E-state index is 12.5. The third-order valence-corrected chi connectivity index (χ3v) is 4.47. The second-order valence-corrected chi connectivity index (χ2v) is 6.03. The van der Waals surface area contributed by atoms with E-state index in [1.165, 1.54) is 11.3 Å². The third kappa shape index (κ3) is 3.09. The van der Waals surface area contributed by atoms with Crippen molar-refractivity contribution in [2.45, 2.75) is 0 Å². The van der Waals surface area contributed by atoms with Gasteiger partial charge in [-0.3, -0.25) is 9.48 Å². The molecule has 0 saturated heterocycles. The molecular weight excluding hydrogens is 312 g/mol. The van der Waals surface area contributed by atoms with E-state index in [0.29, 0.717) is 4.88 Å². The lowest BCUT2D eigenvalue weighted by atomic mass is 10.2. The van der Waals surface area contributed by atoms with Crippen molar-refractivity contribution >= 4 is 22.9 Å². The van der Waals surface area contributed by atoms with Crippen LogP contribution in [0.2, 0.25) is 0 Å². The van der Waals surface area contributed by atoms with Crippen molar-refractivity contribution in [2.24, 2.45) is 7.05 Å². The van der Waals surface area contributed by atoms with Crippen LogP contribution in [0.3, 0.4) is 0 Å². The van der Waals surface area contributed by atoms with Crippen LogP contribution >= 0.6 is 11.3 Å². The van der Waals surface area contributed by atoms with Crippen molar-refractivity contribution in [3.8, 4) is 16.3 Å². The minimum Gasteiger partial charge on any atom is -0.497 e. The van der Waals surface area contributed by atoms with Gasteiger partial charge in [-0.05, 0) is 24.3 Å². The molecular formula is C16H16N4O2S. The van der Waals surface area contributed by atoms with E-state index in [2.05, 4.69) is 10.1 Å². The molecule has 0 aliphatic rings. The van der Waals surface area contributed by atoms with E-state index < -0.39 is 0 Å². The van der Waals surface area contributed by atoms with E-state index in [1.54, 1.807) is 42.3 Å². The fraction of sp³-hybridized carbons (Fsp3) is 0.188. The summed E-state index contributed by atoms with van der Waals surface area (Å²) >= 11 is 1.37. The predicted octanol–water partition coefficient (Wildman–Crippen LogP) is 2.83. The topological polar surface area (TPSA) is 60.2 Å². The number of carbonyl (C=O) groups is 1. The SMILES string of the molecule is COc1ccc(-c2ncc(C(=O)N(C)c3cnn(C)c3)s2)cc1. The first kappa shape index (κ1) is 15.2. The van der Waals surface area contributed by atoms with Gasteiger partial charge in [-0.15, -0.1) is 11.3 Å². The van der Waals surface area contributed by atoms with Crippen molar-refractivity contribution in [3.05, 3.63) is 47.7 Å². The zero-order chi connectivity index (χ0) is 16.4. The monoisotopic (exact) mass is 328 g/mol. The Hall–Kier alpha value is -2.67. The fourth-order valence-electron chi connectivity index (χ4n) is 2.10. The molecule has 23 heavy (non-hydrogen) atoms. The van der Waals surface area contributed by atoms with Crippen LogP contribution in [0, 0.1) is 0 Å². The van der Waals surface area contributed by atoms with Crippen molar-refractivity contribution in [2.75, 3.05) is 19.1 Å². The Bertz CT molecular complexity index is 823. The number of anilines is 1. The number of amides is 1. The Labute approximate surface area is 138 Å². The predicted molar refractivity (Wildman–Crippen MR) is 90.0 cm³/mol. The van der Waals surface area contributed by atoms with Crippen LogP contribution in [0.15, 0.2) is 42.9 Å². The molecule has 0 N–H and O–H groups in total. The van der Waals surface area contributed by atoms with Crippen LogP contribution in [0.25, 0.3) is 10.6 Å². The quantitative estimate of drug-likeness (QED) is 0.739. The lowest BCUT2D eigenvalue weighted by Gasteiger charge is -2.12. The number of hydrogen-bond acceptors (Lipinski definition) is 5. The van der Waals surface area contributed by atoms with Crippen molar-refractivity contribution in [1.82, 2.24) is 14.8 Å². The number of thiazole rings is 1. The smallest absolute Gasteiger partial charge is 0.269 e. The van der Waals surface area contributed by atoms with E-state index in [-0.39, 0.29) is 5.91 Å². The van der Waals surface area contributed by atoms with Crippen molar-refractivity contribution < 1.29 is 9.53 Å². The summed E-state index contributed by atoms with van der Waals surface area (Å²) in [4.78, 5) is 19.0. The van der Waals surface area contributed by atoms with Gasteiger partial charge < -0.3 is 9.64 Å². The van der Waals surface area contributed by atoms with Crippen molar-refractivity contribution in [3.63, 3.8) is 0 Å². The molecule has 7 heteroatoms. The Balaban J connectivity index is 1.81. The normalized spacial score (nSPS) is 10.6. The van der Waals surface area contributed by atoms with Gasteiger partial charge in [0.05, 0.1) is 25.2 Å². The first-order valence-corrected chi connectivity index (χ1v) is 7.77. The molecule has 118 valence electrons. The molecule has 0 aliphatic heterocycles. The fourth-order valence-corrected chi connectivity index (χ4v) is 3.00. The first-order valence-electron chi connectivity index (χ1n) is 6.95. The number of benzene rings is 1. The van der Waals surface area contributed by atoms with Gasteiger partial charge in [0.1, 0.15) is 15.6 Å². The van der Waals surface area contributed by atoms with Gasteiger partial charge in [0.25, 0.3) is 5.91 Å². The molecule has 0 fully saturated rings. The zero-order valence-electron chi connectivity index (χ0n) is 13.1. The van der Waals surface area contributed by atoms with E-state index in [4.69, 9.17) is 4.74 Å². The second-order valence-electron chi connectivity index (χ2n) is 4.99. The summed E-state index contributed by atoms with van der Waals surface area (Å²) in [6.07, 6.45) is 5.06. The summed E-state index contributed by atoms with van der Waals surface area (Å²) in [5.74, 6) is 0.688. The van der Waals surface area contributed by atoms with E-state index in [0.717, 1.165) is 22.0 Å². The minimum absolute atomic E-state index is 0.102. The zero-order valence-corrected chi connectivity index (χ0v) is 13.9. The first-order chi connectivity index (χ1) is 11.1. The molecule has 1 amide bonds. The Morgan fingerprint density at radius 3 is 2.61 bits per heavy atom. The molecule has 0 radical (unpaired) electrons. The van der Waals surface area contributed by atoms with Crippen LogP contribution in [-0.2, 0) is 7.05 Å².